The van der Waals surface area contributed by atoms with Crippen molar-refractivity contribution in [2.24, 2.45) is 0 Å². The van der Waals surface area contributed by atoms with Crippen molar-refractivity contribution in [2.75, 3.05) is 47.5 Å². The first-order valence-corrected chi connectivity index (χ1v) is 6.71. The molecule has 1 rings (SSSR count). The lowest BCUT2D eigenvalue weighted by atomic mass is 10.1. The first kappa shape index (κ1) is 16.1. The lowest BCUT2D eigenvalue weighted by Crippen LogP contribution is -2.31. The molecule has 0 unspecified atom stereocenters. The van der Waals surface area contributed by atoms with Gasteiger partial charge in [-0.2, -0.15) is 0 Å². The molecule has 4 nitrogen and oxygen atoms in total. The summed E-state index contributed by atoms with van der Waals surface area (Å²) >= 11 is 0. The summed E-state index contributed by atoms with van der Waals surface area (Å²) < 4.78 is 10.2. The summed E-state index contributed by atoms with van der Waals surface area (Å²) in [5.41, 5.74) is 2.52. The Kier molecular flexibility index (Phi) is 8.41. The highest BCUT2D eigenvalue weighted by molar-refractivity contribution is 5.22. The zero-order valence-corrected chi connectivity index (χ0v) is 12.3. The van der Waals surface area contributed by atoms with Gasteiger partial charge in [0.1, 0.15) is 0 Å². The number of nitrogens with zero attached hydrogens (tertiary/aromatic N) is 1. The van der Waals surface area contributed by atoms with Crippen molar-refractivity contribution in [3.63, 3.8) is 0 Å². The molecule has 1 aromatic carbocycles. The van der Waals surface area contributed by atoms with E-state index < -0.39 is 0 Å². The topological polar surface area (TPSA) is 33.7 Å². The fourth-order valence-corrected chi connectivity index (χ4v) is 1.86. The molecule has 0 spiro atoms. The fraction of sp³-hybridized carbons (Fsp3) is 0.600. The van der Waals surface area contributed by atoms with Gasteiger partial charge in [0, 0.05) is 40.4 Å². The highest BCUT2D eigenvalue weighted by Crippen LogP contribution is 2.05. The van der Waals surface area contributed by atoms with Crippen molar-refractivity contribution in [1.29, 1.82) is 0 Å². The van der Waals surface area contributed by atoms with E-state index in [2.05, 4.69) is 41.5 Å². The summed E-state index contributed by atoms with van der Waals surface area (Å²) in [4.78, 5) is 2.26. The summed E-state index contributed by atoms with van der Waals surface area (Å²) in [5.74, 6) is 0. The van der Waals surface area contributed by atoms with Crippen LogP contribution in [0.1, 0.15) is 11.1 Å². The van der Waals surface area contributed by atoms with Crippen LogP contribution in [0.3, 0.4) is 0 Å². The average Bonchev–Trinajstić information content (AvgIpc) is 2.42. The lowest BCUT2D eigenvalue weighted by molar-refractivity contribution is 0.161. The van der Waals surface area contributed by atoms with E-state index in [1.54, 1.807) is 14.2 Å². The number of hydrogen-bond donors (Lipinski definition) is 1. The number of ether oxygens (including phenoxy) is 2. The van der Waals surface area contributed by atoms with Crippen LogP contribution in [0, 0.1) is 0 Å². The maximum Gasteiger partial charge on any atom is 0.0713 e. The van der Waals surface area contributed by atoms with Crippen molar-refractivity contribution in [3.05, 3.63) is 35.4 Å². The Morgan fingerprint density at radius 3 is 2.63 bits per heavy atom. The maximum absolute atomic E-state index is 5.14. The third-order valence-electron chi connectivity index (χ3n) is 2.98. The highest BCUT2D eigenvalue weighted by Gasteiger charge is 1.98. The van der Waals surface area contributed by atoms with Crippen LogP contribution in [0.2, 0.25) is 0 Å². The molecule has 0 aromatic heterocycles. The minimum Gasteiger partial charge on any atom is -0.383 e. The van der Waals surface area contributed by atoms with Crippen molar-refractivity contribution in [3.8, 4) is 0 Å². The Hall–Kier alpha value is -0.940. The molecule has 4 heteroatoms. The summed E-state index contributed by atoms with van der Waals surface area (Å²) in [7, 11) is 5.57. The summed E-state index contributed by atoms with van der Waals surface area (Å²) in [6, 6.07) is 8.49. The van der Waals surface area contributed by atoms with E-state index in [1.165, 1.54) is 11.1 Å². The van der Waals surface area contributed by atoms with E-state index in [4.69, 9.17) is 9.47 Å². The van der Waals surface area contributed by atoms with Gasteiger partial charge in [-0.25, -0.2) is 0 Å². The maximum atomic E-state index is 5.14. The third-order valence-corrected chi connectivity index (χ3v) is 2.98. The van der Waals surface area contributed by atoms with Gasteiger partial charge >= 0.3 is 0 Å². The van der Waals surface area contributed by atoms with Crippen LogP contribution in [-0.2, 0) is 22.6 Å². The zero-order chi connectivity index (χ0) is 13.9. The summed E-state index contributed by atoms with van der Waals surface area (Å²) in [6.07, 6.45) is 0. The largest absolute Gasteiger partial charge is 0.383 e. The molecule has 0 atom stereocenters. The minimum atomic E-state index is 0.674. The number of hydrogen-bond acceptors (Lipinski definition) is 4. The average molecular weight is 266 g/mol. The van der Waals surface area contributed by atoms with Crippen LogP contribution in [0.5, 0.6) is 0 Å². The summed E-state index contributed by atoms with van der Waals surface area (Å²) in [5, 5.41) is 3.46. The first-order chi connectivity index (χ1) is 9.26. The second kappa shape index (κ2) is 9.92. The fourth-order valence-electron chi connectivity index (χ4n) is 1.86. The van der Waals surface area contributed by atoms with Crippen LogP contribution in [0.15, 0.2) is 24.3 Å². The van der Waals surface area contributed by atoms with Crippen molar-refractivity contribution in [2.45, 2.75) is 13.2 Å². The normalized spacial score (nSPS) is 11.2. The third kappa shape index (κ3) is 7.28. The number of likely N-dealkylation sites (N-methyl/N-ethyl adjacent to an activating group) is 1. The Morgan fingerprint density at radius 1 is 1.11 bits per heavy atom. The van der Waals surface area contributed by atoms with Crippen LogP contribution in [-0.4, -0.2) is 52.4 Å². The van der Waals surface area contributed by atoms with E-state index in [0.29, 0.717) is 6.61 Å². The van der Waals surface area contributed by atoms with Gasteiger partial charge in [0.25, 0.3) is 0 Å². The molecule has 0 aliphatic heterocycles. The van der Waals surface area contributed by atoms with Crippen molar-refractivity contribution in [1.82, 2.24) is 10.2 Å². The van der Waals surface area contributed by atoms with Gasteiger partial charge in [-0.05, 0) is 18.2 Å². The molecule has 0 saturated heterocycles. The van der Waals surface area contributed by atoms with Crippen LogP contribution >= 0.6 is 0 Å². The van der Waals surface area contributed by atoms with E-state index in [9.17, 15) is 0 Å². The van der Waals surface area contributed by atoms with Gasteiger partial charge in [-0.1, -0.05) is 24.3 Å². The first-order valence-electron chi connectivity index (χ1n) is 6.71. The Labute approximate surface area is 116 Å². The van der Waals surface area contributed by atoms with Crippen LogP contribution < -0.4 is 5.32 Å². The Bertz CT molecular complexity index is 345. The van der Waals surface area contributed by atoms with Crippen LogP contribution in [0.25, 0.3) is 0 Å². The van der Waals surface area contributed by atoms with Gasteiger partial charge in [0.15, 0.2) is 0 Å². The minimum absolute atomic E-state index is 0.674. The number of rotatable bonds is 10. The van der Waals surface area contributed by atoms with E-state index in [0.717, 1.165) is 32.8 Å². The molecule has 1 aromatic rings. The molecule has 0 aliphatic carbocycles. The van der Waals surface area contributed by atoms with Crippen molar-refractivity contribution < 1.29 is 9.47 Å². The second-order valence-electron chi connectivity index (χ2n) is 4.73. The van der Waals surface area contributed by atoms with E-state index in [-0.39, 0.29) is 0 Å². The highest BCUT2D eigenvalue weighted by atomic mass is 16.5. The van der Waals surface area contributed by atoms with Gasteiger partial charge < -0.3 is 19.7 Å². The molecule has 108 valence electrons. The zero-order valence-electron chi connectivity index (χ0n) is 12.3. The molecule has 0 heterocycles. The molecule has 0 amide bonds. The SMILES string of the molecule is COCCN(C)CCNCc1cccc(COC)c1. The standard InChI is InChI=1S/C15H26N2O2/c1-17(9-10-18-2)8-7-16-12-14-5-4-6-15(11-14)13-19-3/h4-6,11,16H,7-10,12-13H2,1-3H3. The Balaban J connectivity index is 2.20. The second-order valence-corrected chi connectivity index (χ2v) is 4.73. The predicted octanol–water partition coefficient (Wildman–Crippen LogP) is 1.50. The van der Waals surface area contributed by atoms with Gasteiger partial charge in [0.05, 0.1) is 13.2 Å². The lowest BCUT2D eigenvalue weighted by Gasteiger charge is -2.16. The number of benzene rings is 1. The van der Waals surface area contributed by atoms with Crippen molar-refractivity contribution >= 4 is 0 Å². The molecular formula is C15H26N2O2. The monoisotopic (exact) mass is 266 g/mol. The molecule has 19 heavy (non-hydrogen) atoms. The number of methoxy groups -OCH3 is 2. The molecule has 1 N–H and O–H groups in total. The smallest absolute Gasteiger partial charge is 0.0713 e. The Morgan fingerprint density at radius 2 is 1.89 bits per heavy atom. The predicted molar refractivity (Wildman–Crippen MR) is 78.2 cm³/mol. The van der Waals surface area contributed by atoms with Gasteiger partial charge in [0.2, 0.25) is 0 Å². The van der Waals surface area contributed by atoms with E-state index in [1.807, 2.05) is 0 Å². The molecule has 0 saturated carbocycles. The molecular weight excluding hydrogens is 240 g/mol. The summed E-state index contributed by atoms with van der Waals surface area (Å²) in [6.45, 7) is 5.34. The van der Waals surface area contributed by atoms with Gasteiger partial charge in [-0.15, -0.1) is 0 Å². The molecule has 0 bridgehead atoms. The number of nitrogens with one attached hydrogen (secondary N) is 1. The van der Waals surface area contributed by atoms with Gasteiger partial charge in [-0.3, -0.25) is 0 Å². The van der Waals surface area contributed by atoms with Crippen LogP contribution in [0.4, 0.5) is 0 Å². The molecule has 0 fully saturated rings. The quantitative estimate of drug-likeness (QED) is 0.651. The van der Waals surface area contributed by atoms with E-state index >= 15 is 0 Å². The molecule has 0 radical (unpaired) electrons. The molecule has 0 aliphatic rings.